The molecule has 258 valence electrons. The molecule has 15 heteroatoms. The van der Waals surface area contributed by atoms with Gasteiger partial charge in [-0.25, -0.2) is 22.1 Å². The molecule has 0 bridgehead atoms. The maximum Gasteiger partial charge on any atom is 0.497 e. The van der Waals surface area contributed by atoms with Crippen molar-refractivity contribution in [3.63, 3.8) is 0 Å². The number of nitrogens with one attached hydrogen (secondary N) is 1. The van der Waals surface area contributed by atoms with Gasteiger partial charge in [-0.2, -0.15) is 5.10 Å². The fourth-order valence-electron chi connectivity index (χ4n) is 5.98. The van der Waals surface area contributed by atoms with Crippen LogP contribution in [0.2, 0.25) is 5.02 Å². The lowest BCUT2D eigenvalue weighted by molar-refractivity contribution is 0.00578. The predicted molar refractivity (Wildman–Crippen MR) is 185 cm³/mol. The molecule has 11 nitrogen and oxygen atoms in total. The summed E-state index contributed by atoms with van der Waals surface area (Å²) < 4.78 is 61.1. The molecule has 6 rings (SSSR count). The molecule has 1 aliphatic heterocycles. The van der Waals surface area contributed by atoms with E-state index in [-0.39, 0.29) is 34.1 Å². The van der Waals surface area contributed by atoms with Crippen LogP contribution in [0.3, 0.4) is 0 Å². The average molecular weight is 711 g/mol. The van der Waals surface area contributed by atoms with Crippen molar-refractivity contribution >= 4 is 57.3 Å². The highest BCUT2D eigenvalue weighted by molar-refractivity contribution is 7.92. The number of carbonyl (C=O) groups excluding carboxylic acids is 2. The number of hydrogen-bond acceptors (Lipinski definition) is 8. The lowest BCUT2D eigenvalue weighted by atomic mass is 9.75. The molecule has 2 aliphatic rings. The quantitative estimate of drug-likeness (QED) is 0.188. The summed E-state index contributed by atoms with van der Waals surface area (Å²) in [5.41, 5.74) is 2.04. The highest BCUT2D eigenvalue weighted by Gasteiger charge is 2.53. The molecule has 1 saturated carbocycles. The van der Waals surface area contributed by atoms with Gasteiger partial charge in [-0.3, -0.25) is 9.10 Å². The van der Waals surface area contributed by atoms with Gasteiger partial charge in [-0.1, -0.05) is 11.6 Å². The normalized spacial score (nSPS) is 17.0. The molecular formula is C34H37BClFN4O7S. The second-order valence-electron chi connectivity index (χ2n) is 13.4. The van der Waals surface area contributed by atoms with E-state index in [9.17, 15) is 22.4 Å². The Hall–Kier alpha value is -3.98. The number of sulfonamides is 1. The fraction of sp³-hybridized carbons (Fsp3) is 0.382. The number of nitrogens with zero attached hydrogens (tertiary/aromatic N) is 3. The monoisotopic (exact) mass is 710 g/mol. The van der Waals surface area contributed by atoms with Crippen LogP contribution >= 0.6 is 11.6 Å². The Balaban J connectivity index is 1.49. The zero-order valence-corrected chi connectivity index (χ0v) is 29.8. The van der Waals surface area contributed by atoms with Crippen LogP contribution in [-0.2, 0) is 30.6 Å². The summed E-state index contributed by atoms with van der Waals surface area (Å²) in [4.78, 5) is 26.3. The number of methoxy groups -OCH3 is 1. The first-order valence-corrected chi connectivity index (χ1v) is 18.0. The Morgan fingerprint density at radius 1 is 1.12 bits per heavy atom. The summed E-state index contributed by atoms with van der Waals surface area (Å²) in [5, 5.41) is 7.48. The number of rotatable bonds is 9. The third-order valence-corrected chi connectivity index (χ3v) is 10.9. The van der Waals surface area contributed by atoms with E-state index in [1.807, 2.05) is 27.7 Å². The molecule has 2 fully saturated rings. The second kappa shape index (κ2) is 12.4. The van der Waals surface area contributed by atoms with Gasteiger partial charge in [-0.05, 0) is 100 Å². The van der Waals surface area contributed by atoms with Crippen molar-refractivity contribution in [3.8, 4) is 11.3 Å². The number of amides is 1. The van der Waals surface area contributed by atoms with Gasteiger partial charge in [0.15, 0.2) is 0 Å². The topological polar surface area (TPSA) is 129 Å². The fourth-order valence-corrected chi connectivity index (χ4v) is 7.20. The maximum atomic E-state index is 13.8. The van der Waals surface area contributed by atoms with Gasteiger partial charge in [0.25, 0.3) is 5.91 Å². The summed E-state index contributed by atoms with van der Waals surface area (Å²) >= 11 is 6.84. The summed E-state index contributed by atoms with van der Waals surface area (Å²) in [7, 11) is -2.16. The molecule has 4 aromatic rings. The van der Waals surface area contributed by atoms with E-state index in [2.05, 4.69) is 10.4 Å². The van der Waals surface area contributed by atoms with Gasteiger partial charge in [0.2, 0.25) is 10.0 Å². The van der Waals surface area contributed by atoms with Gasteiger partial charge in [0, 0.05) is 23.1 Å². The van der Waals surface area contributed by atoms with Gasteiger partial charge in [-0.15, -0.1) is 0 Å². The number of anilines is 1. The lowest BCUT2D eigenvalue weighted by Gasteiger charge is -2.32. The molecule has 1 aliphatic carbocycles. The Morgan fingerprint density at radius 2 is 1.76 bits per heavy atom. The third kappa shape index (κ3) is 6.42. The third-order valence-electron chi connectivity index (χ3n) is 9.45. The minimum absolute atomic E-state index is 0.0472. The minimum atomic E-state index is -3.94. The maximum absolute atomic E-state index is 13.8. The summed E-state index contributed by atoms with van der Waals surface area (Å²) in [5.74, 6) is -1.47. The van der Waals surface area contributed by atoms with Crippen LogP contribution < -0.4 is 15.1 Å². The molecule has 49 heavy (non-hydrogen) atoms. The standard InChI is InChI=1S/C34H37BClFN4O7S/c1-33(2)34(3,4)48-35(47-33)29-24(32(43)46-6)14-19(15-25(29)36)17-41(49(7,44)45)27-18-40-26(16-23(27)20-8-9-20)28(31(42)38-5)30(39-40)21-10-12-22(37)13-11-21/h10-16,18,20H,8-9,17H2,1-7H3,(H,38,42). The zero-order valence-electron chi connectivity index (χ0n) is 28.3. The van der Waals surface area contributed by atoms with Crippen molar-refractivity contribution in [3.05, 3.63) is 81.8 Å². The van der Waals surface area contributed by atoms with E-state index in [1.54, 1.807) is 18.3 Å². The highest BCUT2D eigenvalue weighted by atomic mass is 35.5. The molecule has 0 radical (unpaired) electrons. The molecule has 1 amide bonds. The summed E-state index contributed by atoms with van der Waals surface area (Å²) in [6, 6.07) is 10.6. The van der Waals surface area contributed by atoms with Crippen molar-refractivity contribution in [2.24, 2.45) is 0 Å². The predicted octanol–water partition coefficient (Wildman–Crippen LogP) is 5.08. The van der Waals surface area contributed by atoms with E-state index in [0.717, 1.165) is 24.7 Å². The van der Waals surface area contributed by atoms with E-state index >= 15 is 0 Å². The Kier molecular flexibility index (Phi) is 8.83. The van der Waals surface area contributed by atoms with Crippen LogP contribution in [0.25, 0.3) is 16.8 Å². The molecule has 1 saturated heterocycles. The largest absolute Gasteiger partial charge is 0.497 e. The number of ether oxygens (including phenoxy) is 1. The molecule has 0 spiro atoms. The zero-order chi connectivity index (χ0) is 35.6. The van der Waals surface area contributed by atoms with Crippen molar-refractivity contribution in [2.75, 3.05) is 24.7 Å². The Labute approximate surface area is 289 Å². The van der Waals surface area contributed by atoms with Crippen molar-refractivity contribution in [1.29, 1.82) is 0 Å². The van der Waals surface area contributed by atoms with E-state index in [0.29, 0.717) is 28.0 Å². The molecule has 0 atom stereocenters. The van der Waals surface area contributed by atoms with Crippen molar-refractivity contribution < 1.29 is 36.4 Å². The molecular weight excluding hydrogens is 674 g/mol. The Morgan fingerprint density at radius 3 is 2.31 bits per heavy atom. The van der Waals surface area contributed by atoms with E-state index < -0.39 is 46.0 Å². The van der Waals surface area contributed by atoms with Gasteiger partial charge in [0.1, 0.15) is 11.5 Å². The van der Waals surface area contributed by atoms with Crippen LogP contribution in [0.15, 0.2) is 48.7 Å². The summed E-state index contributed by atoms with van der Waals surface area (Å²) in [6.45, 7) is 7.33. The second-order valence-corrected chi connectivity index (χ2v) is 15.7. The number of fused-ring (bicyclic) bond motifs is 1. The van der Waals surface area contributed by atoms with Gasteiger partial charge >= 0.3 is 13.1 Å². The molecule has 2 aromatic heterocycles. The number of esters is 1. The van der Waals surface area contributed by atoms with E-state index in [1.165, 1.54) is 53.3 Å². The van der Waals surface area contributed by atoms with Crippen molar-refractivity contribution in [1.82, 2.24) is 14.9 Å². The average Bonchev–Trinajstić information content (AvgIpc) is 3.77. The number of pyridine rings is 1. The van der Waals surface area contributed by atoms with Crippen LogP contribution in [0.1, 0.15) is 78.3 Å². The summed E-state index contributed by atoms with van der Waals surface area (Å²) in [6.07, 6.45) is 4.34. The van der Waals surface area contributed by atoms with Crippen molar-refractivity contribution in [2.45, 2.75) is 64.2 Å². The van der Waals surface area contributed by atoms with Crippen LogP contribution in [-0.4, -0.2) is 68.6 Å². The number of benzene rings is 2. The molecule has 1 N–H and O–H groups in total. The smallest absolute Gasteiger partial charge is 0.465 e. The number of halogens is 2. The first kappa shape index (κ1) is 34.9. The minimum Gasteiger partial charge on any atom is -0.465 e. The van der Waals surface area contributed by atoms with Gasteiger partial charge in [0.05, 0.1) is 59.6 Å². The number of hydrogen-bond donors (Lipinski definition) is 1. The first-order valence-electron chi connectivity index (χ1n) is 15.7. The lowest BCUT2D eigenvalue weighted by Crippen LogP contribution is -2.41. The van der Waals surface area contributed by atoms with Gasteiger partial charge < -0.3 is 19.4 Å². The molecule has 3 heterocycles. The molecule has 2 aromatic carbocycles. The Bertz CT molecular complexity index is 2080. The van der Waals surface area contributed by atoms with E-state index in [4.69, 9.17) is 25.6 Å². The SMILES string of the molecule is CNC(=O)c1c(-c2ccc(F)cc2)nn2cc(N(Cc3cc(Cl)c(B4OC(C)(C)C(C)(C)O4)c(C(=O)OC)c3)S(C)(=O)=O)c(C3CC3)cc12. The molecule has 0 unspecified atom stereocenters. The van der Waals surface area contributed by atoms with Crippen LogP contribution in [0, 0.1) is 5.82 Å². The highest BCUT2D eigenvalue weighted by Crippen LogP contribution is 2.46. The first-order chi connectivity index (χ1) is 23.0. The van der Waals surface area contributed by atoms with Crippen LogP contribution in [0.5, 0.6) is 0 Å². The number of aromatic nitrogens is 2. The number of carbonyl (C=O) groups is 2. The van der Waals surface area contributed by atoms with Crippen LogP contribution in [0.4, 0.5) is 10.1 Å².